The Labute approximate surface area is 114 Å². The van der Waals surface area contributed by atoms with Gasteiger partial charge < -0.3 is 5.32 Å². The second-order valence-electron chi connectivity index (χ2n) is 5.46. The summed E-state index contributed by atoms with van der Waals surface area (Å²) in [4.78, 5) is 0. The molecule has 0 saturated carbocycles. The highest BCUT2D eigenvalue weighted by molar-refractivity contribution is 5.71. The van der Waals surface area contributed by atoms with Crippen molar-refractivity contribution in [3.8, 4) is 0 Å². The van der Waals surface area contributed by atoms with Crippen LogP contribution in [0.4, 0.5) is 17.6 Å². The molecule has 2 atom stereocenters. The van der Waals surface area contributed by atoms with Crippen molar-refractivity contribution in [2.45, 2.75) is 43.9 Å². The zero-order chi connectivity index (χ0) is 14.3. The molecule has 1 aromatic carbocycles. The largest absolute Gasteiger partial charge is 0.419 e. The molecule has 0 aromatic heterocycles. The molecule has 108 valence electrons. The van der Waals surface area contributed by atoms with E-state index in [2.05, 4.69) is 5.32 Å². The highest BCUT2D eigenvalue weighted by atomic mass is 19.4. The van der Waals surface area contributed by atoms with E-state index in [1.165, 1.54) is 12.1 Å². The zero-order valence-corrected chi connectivity index (χ0v) is 10.8. The SMILES string of the molecule is Fc1cccc(C2=CC3CCCC(C2)N3)c1C(F)(F)F. The molecule has 0 radical (unpaired) electrons. The predicted molar refractivity (Wildman–Crippen MR) is 68.6 cm³/mol. The van der Waals surface area contributed by atoms with E-state index in [9.17, 15) is 17.6 Å². The van der Waals surface area contributed by atoms with Gasteiger partial charge in [0.2, 0.25) is 0 Å². The number of hydrogen-bond acceptors (Lipinski definition) is 1. The highest BCUT2D eigenvalue weighted by Crippen LogP contribution is 2.40. The molecule has 2 aliphatic heterocycles. The molecule has 1 nitrogen and oxygen atoms in total. The summed E-state index contributed by atoms with van der Waals surface area (Å²) in [7, 11) is 0. The summed E-state index contributed by atoms with van der Waals surface area (Å²) in [5, 5.41) is 3.37. The number of benzene rings is 1. The second-order valence-corrected chi connectivity index (χ2v) is 5.46. The first kappa shape index (κ1) is 13.6. The summed E-state index contributed by atoms with van der Waals surface area (Å²) in [5.41, 5.74) is -0.521. The minimum absolute atomic E-state index is 0.00380. The van der Waals surface area contributed by atoms with Crippen molar-refractivity contribution in [2.24, 2.45) is 0 Å². The maximum absolute atomic E-state index is 13.6. The molecule has 2 heterocycles. The number of nitrogens with one attached hydrogen (secondary N) is 1. The van der Waals surface area contributed by atoms with E-state index in [-0.39, 0.29) is 17.6 Å². The molecule has 1 aromatic rings. The molecule has 5 heteroatoms. The Morgan fingerprint density at radius 1 is 1.15 bits per heavy atom. The summed E-state index contributed by atoms with van der Waals surface area (Å²) >= 11 is 0. The predicted octanol–water partition coefficient (Wildman–Crippen LogP) is 4.14. The minimum Gasteiger partial charge on any atom is -0.307 e. The third-order valence-corrected chi connectivity index (χ3v) is 4.03. The van der Waals surface area contributed by atoms with Gasteiger partial charge in [0.15, 0.2) is 0 Å². The fourth-order valence-electron chi connectivity index (χ4n) is 3.20. The minimum atomic E-state index is -4.67. The van der Waals surface area contributed by atoms with Crippen LogP contribution in [-0.2, 0) is 6.18 Å². The number of hydrogen-bond donors (Lipinski definition) is 1. The Hall–Kier alpha value is -1.36. The molecule has 2 bridgehead atoms. The molecule has 1 N–H and O–H groups in total. The van der Waals surface area contributed by atoms with Crippen LogP contribution in [0.25, 0.3) is 5.57 Å². The van der Waals surface area contributed by atoms with Crippen molar-refractivity contribution >= 4 is 5.57 Å². The van der Waals surface area contributed by atoms with Crippen LogP contribution in [-0.4, -0.2) is 12.1 Å². The van der Waals surface area contributed by atoms with E-state index in [4.69, 9.17) is 0 Å². The van der Waals surface area contributed by atoms with Gasteiger partial charge in [0.05, 0.1) is 5.56 Å². The molecule has 3 rings (SSSR count). The summed E-state index contributed by atoms with van der Waals surface area (Å²) in [6.45, 7) is 0. The van der Waals surface area contributed by atoms with E-state index in [0.717, 1.165) is 25.3 Å². The Morgan fingerprint density at radius 2 is 1.95 bits per heavy atom. The summed E-state index contributed by atoms with van der Waals surface area (Å²) in [6, 6.07) is 3.91. The van der Waals surface area contributed by atoms with Gasteiger partial charge in [-0.3, -0.25) is 0 Å². The number of alkyl halides is 3. The molecule has 2 unspecified atom stereocenters. The molecule has 2 aliphatic rings. The van der Waals surface area contributed by atoms with Crippen LogP contribution in [0.2, 0.25) is 0 Å². The number of piperidine rings is 1. The molecule has 0 amide bonds. The van der Waals surface area contributed by atoms with Crippen molar-refractivity contribution in [1.82, 2.24) is 5.32 Å². The van der Waals surface area contributed by atoms with Crippen molar-refractivity contribution in [3.63, 3.8) is 0 Å². The molecule has 1 saturated heterocycles. The lowest BCUT2D eigenvalue weighted by atomic mass is 9.83. The lowest BCUT2D eigenvalue weighted by Crippen LogP contribution is -2.44. The number of halogens is 4. The second kappa shape index (κ2) is 4.88. The summed E-state index contributed by atoms with van der Waals surface area (Å²) in [5.74, 6) is -1.19. The normalized spacial score (nSPS) is 26.3. The number of fused-ring (bicyclic) bond motifs is 2. The first-order chi connectivity index (χ1) is 9.45. The van der Waals surface area contributed by atoms with Crippen LogP contribution in [0.5, 0.6) is 0 Å². The Morgan fingerprint density at radius 3 is 2.65 bits per heavy atom. The van der Waals surface area contributed by atoms with Crippen molar-refractivity contribution in [3.05, 3.63) is 41.2 Å². The van der Waals surface area contributed by atoms with Gasteiger partial charge in [0.1, 0.15) is 5.82 Å². The fraction of sp³-hybridized carbons (Fsp3) is 0.467. The van der Waals surface area contributed by atoms with Crippen molar-refractivity contribution in [1.29, 1.82) is 0 Å². The topological polar surface area (TPSA) is 12.0 Å². The van der Waals surface area contributed by atoms with E-state index in [1.54, 1.807) is 0 Å². The maximum atomic E-state index is 13.6. The average Bonchev–Trinajstić information content (AvgIpc) is 2.36. The average molecular weight is 285 g/mol. The molecule has 20 heavy (non-hydrogen) atoms. The maximum Gasteiger partial charge on any atom is 0.419 e. The number of rotatable bonds is 1. The van der Waals surface area contributed by atoms with Crippen LogP contribution in [0.1, 0.15) is 36.8 Å². The van der Waals surface area contributed by atoms with Crippen LogP contribution in [0.3, 0.4) is 0 Å². The molecular formula is C15H15F4N. The lowest BCUT2D eigenvalue weighted by molar-refractivity contribution is -0.140. The van der Waals surface area contributed by atoms with E-state index >= 15 is 0 Å². The third kappa shape index (κ3) is 2.46. The molecule has 1 fully saturated rings. The zero-order valence-electron chi connectivity index (χ0n) is 10.8. The van der Waals surface area contributed by atoms with Gasteiger partial charge in [-0.25, -0.2) is 4.39 Å². The standard InChI is InChI=1S/C15H15F4N/c16-13-6-2-5-12(14(13)15(17,18)19)9-7-10-3-1-4-11(8-9)20-10/h2,5-7,10-11,20H,1,3-4,8H2. The van der Waals surface area contributed by atoms with Gasteiger partial charge in [-0.15, -0.1) is 0 Å². The molecule has 0 aliphatic carbocycles. The highest BCUT2D eigenvalue weighted by Gasteiger charge is 2.38. The van der Waals surface area contributed by atoms with Gasteiger partial charge in [-0.1, -0.05) is 24.6 Å². The lowest BCUT2D eigenvalue weighted by Gasteiger charge is -2.35. The van der Waals surface area contributed by atoms with Crippen LogP contribution in [0.15, 0.2) is 24.3 Å². The Kier molecular flexibility index (Phi) is 3.32. The van der Waals surface area contributed by atoms with Crippen LogP contribution < -0.4 is 5.32 Å². The third-order valence-electron chi connectivity index (χ3n) is 4.03. The fourth-order valence-corrected chi connectivity index (χ4v) is 3.20. The van der Waals surface area contributed by atoms with Gasteiger partial charge in [-0.05, 0) is 36.5 Å². The van der Waals surface area contributed by atoms with Gasteiger partial charge in [0, 0.05) is 12.1 Å². The van der Waals surface area contributed by atoms with Crippen LogP contribution >= 0.6 is 0 Å². The van der Waals surface area contributed by atoms with Crippen LogP contribution in [0, 0.1) is 5.82 Å². The Bertz CT molecular complexity index is 547. The summed E-state index contributed by atoms with van der Waals surface area (Å²) in [6.07, 6.45) is 0.673. The smallest absolute Gasteiger partial charge is 0.307 e. The quantitative estimate of drug-likeness (QED) is 0.765. The first-order valence-corrected chi connectivity index (χ1v) is 6.78. The summed E-state index contributed by atoms with van der Waals surface area (Å²) < 4.78 is 52.8. The van der Waals surface area contributed by atoms with Gasteiger partial charge in [0.25, 0.3) is 0 Å². The van der Waals surface area contributed by atoms with E-state index in [0.29, 0.717) is 12.0 Å². The van der Waals surface area contributed by atoms with Gasteiger partial charge in [-0.2, -0.15) is 13.2 Å². The molecular weight excluding hydrogens is 270 g/mol. The van der Waals surface area contributed by atoms with E-state index < -0.39 is 17.6 Å². The Balaban J connectivity index is 2.07. The van der Waals surface area contributed by atoms with Gasteiger partial charge >= 0.3 is 6.18 Å². The molecule has 0 spiro atoms. The van der Waals surface area contributed by atoms with Crippen molar-refractivity contribution in [2.75, 3.05) is 0 Å². The van der Waals surface area contributed by atoms with E-state index in [1.807, 2.05) is 6.08 Å². The van der Waals surface area contributed by atoms with Crippen molar-refractivity contribution < 1.29 is 17.6 Å². The first-order valence-electron chi connectivity index (χ1n) is 6.78. The monoisotopic (exact) mass is 285 g/mol.